The third kappa shape index (κ3) is 4.81. The summed E-state index contributed by atoms with van der Waals surface area (Å²) in [5.74, 6) is -0.184. The average Bonchev–Trinajstić information content (AvgIpc) is 3.03. The Bertz CT molecular complexity index is 640. The molecule has 22 heavy (non-hydrogen) atoms. The summed E-state index contributed by atoms with van der Waals surface area (Å²) in [5.41, 5.74) is -0.657. The number of hydrogen-bond donors (Lipinski definition) is 2. The first-order chi connectivity index (χ1) is 10.3. The molecule has 0 aromatic carbocycles. The summed E-state index contributed by atoms with van der Waals surface area (Å²) in [6.07, 6.45) is 1.24. The third-order valence-corrected chi connectivity index (χ3v) is 6.33. The topological polar surface area (TPSA) is 92.3 Å². The van der Waals surface area contributed by atoms with Gasteiger partial charge in [-0.1, -0.05) is 6.07 Å². The van der Waals surface area contributed by atoms with Gasteiger partial charge in [-0.2, -0.15) is 0 Å². The Balaban J connectivity index is 1.67. The van der Waals surface area contributed by atoms with Crippen LogP contribution in [0.5, 0.6) is 0 Å². The second-order valence-corrected chi connectivity index (χ2v) is 8.92. The van der Waals surface area contributed by atoms with Crippen molar-refractivity contribution in [2.45, 2.75) is 31.7 Å². The molecule has 2 rings (SSSR count). The quantitative estimate of drug-likeness (QED) is 0.752. The molecule has 1 saturated heterocycles. The molecule has 2 amide bonds. The Kier molecular flexibility index (Phi) is 5.23. The smallest absolute Gasteiger partial charge is 0.261 e. The van der Waals surface area contributed by atoms with Gasteiger partial charge in [0, 0.05) is 13.0 Å². The molecule has 0 aliphatic carbocycles. The molecular formula is C14H20N2O4S2. The summed E-state index contributed by atoms with van der Waals surface area (Å²) in [6, 6.07) is 3.55. The molecule has 122 valence electrons. The minimum atomic E-state index is -3.03. The van der Waals surface area contributed by atoms with E-state index in [2.05, 4.69) is 10.6 Å². The summed E-state index contributed by atoms with van der Waals surface area (Å²) in [7, 11) is -3.03. The molecule has 6 nitrogen and oxygen atoms in total. The van der Waals surface area contributed by atoms with Gasteiger partial charge in [-0.25, -0.2) is 8.42 Å². The highest BCUT2D eigenvalue weighted by atomic mass is 32.2. The van der Waals surface area contributed by atoms with Gasteiger partial charge in [0.25, 0.3) is 5.91 Å². The van der Waals surface area contributed by atoms with Crippen molar-refractivity contribution in [1.82, 2.24) is 10.6 Å². The maximum Gasteiger partial charge on any atom is 0.261 e. The minimum absolute atomic E-state index is 0.000847. The summed E-state index contributed by atoms with van der Waals surface area (Å²) in [5, 5.41) is 7.38. The molecule has 1 unspecified atom stereocenters. The molecule has 1 aromatic heterocycles. The molecule has 1 aliphatic heterocycles. The van der Waals surface area contributed by atoms with Gasteiger partial charge < -0.3 is 10.6 Å². The van der Waals surface area contributed by atoms with Gasteiger partial charge in [0.15, 0.2) is 9.84 Å². The van der Waals surface area contributed by atoms with Crippen LogP contribution in [0.2, 0.25) is 0 Å². The van der Waals surface area contributed by atoms with Crippen molar-refractivity contribution in [1.29, 1.82) is 0 Å². The number of amides is 2. The van der Waals surface area contributed by atoms with Gasteiger partial charge >= 0.3 is 0 Å². The molecule has 0 radical (unpaired) electrons. The maximum absolute atomic E-state index is 11.9. The van der Waals surface area contributed by atoms with Gasteiger partial charge in [-0.05, 0) is 31.2 Å². The number of thiophene rings is 1. The SMILES string of the molecule is CC1(NC(=O)CCCNC(=O)c2cccs2)CCS(=O)(=O)C1. The van der Waals surface area contributed by atoms with Crippen LogP contribution in [-0.2, 0) is 14.6 Å². The van der Waals surface area contributed by atoms with Crippen molar-refractivity contribution in [3.8, 4) is 0 Å². The van der Waals surface area contributed by atoms with Crippen LogP contribution >= 0.6 is 11.3 Å². The predicted octanol–water partition coefficient (Wildman–Crippen LogP) is 0.951. The number of carbonyl (C=O) groups excluding carboxylic acids is 2. The third-order valence-electron chi connectivity index (χ3n) is 3.56. The lowest BCUT2D eigenvalue weighted by atomic mass is 10.0. The molecule has 0 saturated carbocycles. The Morgan fingerprint density at radius 1 is 1.41 bits per heavy atom. The number of sulfone groups is 1. The van der Waals surface area contributed by atoms with E-state index in [9.17, 15) is 18.0 Å². The van der Waals surface area contributed by atoms with E-state index in [-0.39, 0.29) is 29.7 Å². The average molecular weight is 344 g/mol. The Labute approximate surface area is 134 Å². The van der Waals surface area contributed by atoms with Crippen molar-refractivity contribution in [3.63, 3.8) is 0 Å². The molecule has 0 bridgehead atoms. The fraction of sp³-hybridized carbons (Fsp3) is 0.571. The second-order valence-electron chi connectivity index (χ2n) is 5.79. The maximum atomic E-state index is 11.9. The molecule has 2 heterocycles. The van der Waals surface area contributed by atoms with Crippen LogP contribution in [0.3, 0.4) is 0 Å². The summed E-state index contributed by atoms with van der Waals surface area (Å²) >= 11 is 1.37. The first-order valence-corrected chi connectivity index (χ1v) is 9.83. The van der Waals surface area contributed by atoms with Crippen molar-refractivity contribution in [2.24, 2.45) is 0 Å². The van der Waals surface area contributed by atoms with Gasteiger partial charge in [-0.15, -0.1) is 11.3 Å². The van der Waals surface area contributed by atoms with Crippen LogP contribution in [0.1, 0.15) is 35.9 Å². The van der Waals surface area contributed by atoms with Crippen LogP contribution in [0.4, 0.5) is 0 Å². The molecule has 1 aliphatic rings. The fourth-order valence-electron chi connectivity index (χ4n) is 2.45. The van der Waals surface area contributed by atoms with Gasteiger partial charge in [0.05, 0.1) is 21.9 Å². The first kappa shape index (κ1) is 17.0. The zero-order valence-corrected chi connectivity index (χ0v) is 14.1. The molecule has 0 spiro atoms. The van der Waals surface area contributed by atoms with E-state index >= 15 is 0 Å². The van der Waals surface area contributed by atoms with E-state index in [1.54, 1.807) is 13.0 Å². The van der Waals surface area contributed by atoms with E-state index in [0.29, 0.717) is 24.3 Å². The molecule has 8 heteroatoms. The monoisotopic (exact) mass is 344 g/mol. The molecule has 1 fully saturated rings. The number of nitrogens with one attached hydrogen (secondary N) is 2. The molecule has 1 atom stereocenters. The highest BCUT2D eigenvalue weighted by molar-refractivity contribution is 7.91. The van der Waals surface area contributed by atoms with Crippen LogP contribution in [0, 0.1) is 0 Å². The number of carbonyl (C=O) groups is 2. The molecule has 1 aromatic rings. The van der Waals surface area contributed by atoms with Crippen molar-refractivity contribution < 1.29 is 18.0 Å². The normalized spacial score (nSPS) is 23.1. The standard InChI is InChI=1S/C14H20N2O4S2/c1-14(6-9-22(19,20)10-14)16-12(17)5-2-7-15-13(18)11-4-3-8-21-11/h3-4,8H,2,5-7,9-10H2,1H3,(H,15,18)(H,16,17). The number of hydrogen-bond acceptors (Lipinski definition) is 5. The van der Waals surface area contributed by atoms with E-state index < -0.39 is 15.4 Å². The Morgan fingerprint density at radius 2 is 2.18 bits per heavy atom. The fourth-order valence-corrected chi connectivity index (χ4v) is 5.19. The lowest BCUT2D eigenvalue weighted by molar-refractivity contribution is -0.122. The van der Waals surface area contributed by atoms with Gasteiger partial charge in [0.1, 0.15) is 0 Å². The van der Waals surface area contributed by atoms with Crippen molar-refractivity contribution in [3.05, 3.63) is 22.4 Å². The second kappa shape index (κ2) is 6.78. The van der Waals surface area contributed by atoms with Gasteiger partial charge in [0.2, 0.25) is 5.91 Å². The summed E-state index contributed by atoms with van der Waals surface area (Å²) in [6.45, 7) is 2.17. The summed E-state index contributed by atoms with van der Waals surface area (Å²) < 4.78 is 23.0. The van der Waals surface area contributed by atoms with Gasteiger partial charge in [-0.3, -0.25) is 9.59 Å². The zero-order chi connectivity index (χ0) is 16.2. The van der Waals surface area contributed by atoms with E-state index in [4.69, 9.17) is 0 Å². The van der Waals surface area contributed by atoms with Crippen LogP contribution < -0.4 is 10.6 Å². The lowest BCUT2D eigenvalue weighted by Crippen LogP contribution is -2.47. The largest absolute Gasteiger partial charge is 0.351 e. The Morgan fingerprint density at radius 3 is 2.77 bits per heavy atom. The van der Waals surface area contributed by atoms with E-state index in [0.717, 1.165) is 0 Å². The predicted molar refractivity (Wildman–Crippen MR) is 85.7 cm³/mol. The molecular weight excluding hydrogens is 324 g/mol. The lowest BCUT2D eigenvalue weighted by Gasteiger charge is -2.23. The van der Waals surface area contributed by atoms with Crippen molar-refractivity contribution >= 4 is 33.0 Å². The van der Waals surface area contributed by atoms with Crippen molar-refractivity contribution in [2.75, 3.05) is 18.1 Å². The highest BCUT2D eigenvalue weighted by Gasteiger charge is 2.39. The first-order valence-electron chi connectivity index (χ1n) is 7.13. The number of rotatable bonds is 6. The van der Waals surface area contributed by atoms with E-state index in [1.165, 1.54) is 11.3 Å². The van der Waals surface area contributed by atoms with Crippen LogP contribution in [0.15, 0.2) is 17.5 Å². The summed E-state index contributed by atoms with van der Waals surface area (Å²) in [4.78, 5) is 24.2. The van der Waals surface area contributed by atoms with E-state index in [1.807, 2.05) is 11.4 Å². The molecule has 2 N–H and O–H groups in total. The van der Waals surface area contributed by atoms with Crippen LogP contribution in [-0.4, -0.2) is 43.8 Å². The van der Waals surface area contributed by atoms with Crippen LogP contribution in [0.25, 0.3) is 0 Å². The Hall–Kier alpha value is -1.41. The zero-order valence-electron chi connectivity index (χ0n) is 12.4. The highest BCUT2D eigenvalue weighted by Crippen LogP contribution is 2.22. The minimum Gasteiger partial charge on any atom is -0.351 e.